The second kappa shape index (κ2) is 6.12. The number of nitrogens with one attached hydrogen (secondary N) is 1. The van der Waals surface area contributed by atoms with Crippen LogP contribution in [-0.4, -0.2) is 44.4 Å². The van der Waals surface area contributed by atoms with Gasteiger partial charge in [0.25, 0.3) is 0 Å². The first kappa shape index (κ1) is 14.9. The predicted molar refractivity (Wildman–Crippen MR) is 71.9 cm³/mol. The van der Waals surface area contributed by atoms with Gasteiger partial charge in [-0.2, -0.15) is 0 Å². The molecule has 0 aliphatic heterocycles. The van der Waals surface area contributed by atoms with Crippen molar-refractivity contribution in [1.82, 2.24) is 9.29 Å². The Hall–Kier alpha value is -1.18. The highest BCUT2D eigenvalue weighted by atomic mass is 32.2. The maximum atomic E-state index is 11.8. The third kappa shape index (κ3) is 3.66. The van der Waals surface area contributed by atoms with Crippen LogP contribution in [0, 0.1) is 0 Å². The first-order valence-corrected chi connectivity index (χ1v) is 7.20. The molecule has 1 unspecified atom stereocenters. The SMILES string of the molecule is CCC(N)CNc1ccc(S(=O)(=O)N(C)C)cn1. The maximum absolute atomic E-state index is 11.8. The lowest BCUT2D eigenvalue weighted by molar-refractivity contribution is 0.520. The van der Waals surface area contributed by atoms with E-state index in [0.29, 0.717) is 12.4 Å². The Kier molecular flexibility index (Phi) is 5.06. The maximum Gasteiger partial charge on any atom is 0.244 e. The van der Waals surface area contributed by atoms with Gasteiger partial charge in [0.05, 0.1) is 0 Å². The molecule has 1 aromatic rings. The number of sulfonamides is 1. The van der Waals surface area contributed by atoms with E-state index in [1.165, 1.54) is 26.4 Å². The fourth-order valence-corrected chi connectivity index (χ4v) is 2.08. The lowest BCUT2D eigenvalue weighted by Gasteiger charge is -2.13. The largest absolute Gasteiger partial charge is 0.369 e. The van der Waals surface area contributed by atoms with E-state index >= 15 is 0 Å². The summed E-state index contributed by atoms with van der Waals surface area (Å²) in [5.41, 5.74) is 5.77. The minimum Gasteiger partial charge on any atom is -0.369 e. The summed E-state index contributed by atoms with van der Waals surface area (Å²) in [5.74, 6) is 0.622. The van der Waals surface area contributed by atoms with Crippen molar-refractivity contribution in [3.05, 3.63) is 18.3 Å². The molecule has 0 aliphatic carbocycles. The minimum atomic E-state index is -3.41. The number of nitrogens with zero attached hydrogens (tertiary/aromatic N) is 2. The molecule has 0 amide bonds. The lowest BCUT2D eigenvalue weighted by atomic mass is 10.2. The van der Waals surface area contributed by atoms with Crippen LogP contribution < -0.4 is 11.1 Å². The number of hydrogen-bond donors (Lipinski definition) is 2. The molecule has 1 atom stereocenters. The average molecular weight is 272 g/mol. The van der Waals surface area contributed by atoms with E-state index in [2.05, 4.69) is 10.3 Å². The van der Waals surface area contributed by atoms with Crippen molar-refractivity contribution < 1.29 is 8.42 Å². The van der Waals surface area contributed by atoms with Crippen LogP contribution in [0.25, 0.3) is 0 Å². The zero-order valence-electron chi connectivity index (χ0n) is 10.9. The second-order valence-corrected chi connectivity index (χ2v) is 6.37. The Morgan fingerprint density at radius 2 is 2.11 bits per heavy atom. The van der Waals surface area contributed by atoms with Crippen molar-refractivity contribution in [1.29, 1.82) is 0 Å². The van der Waals surface area contributed by atoms with Crippen molar-refractivity contribution in [3.8, 4) is 0 Å². The standard InChI is InChI=1S/C11H20N4O2S/c1-4-9(12)7-13-11-6-5-10(8-14-11)18(16,17)15(2)3/h5-6,8-9H,4,7,12H2,1-3H3,(H,13,14). The molecule has 0 radical (unpaired) electrons. The Balaban J connectivity index is 2.75. The van der Waals surface area contributed by atoms with E-state index in [1.54, 1.807) is 6.07 Å². The van der Waals surface area contributed by atoms with E-state index in [9.17, 15) is 8.42 Å². The van der Waals surface area contributed by atoms with Gasteiger partial charge in [0.1, 0.15) is 10.7 Å². The number of hydrogen-bond acceptors (Lipinski definition) is 5. The van der Waals surface area contributed by atoms with Crippen LogP contribution in [0.4, 0.5) is 5.82 Å². The second-order valence-electron chi connectivity index (χ2n) is 4.22. The van der Waals surface area contributed by atoms with E-state index in [-0.39, 0.29) is 10.9 Å². The molecule has 1 rings (SSSR count). The molecule has 18 heavy (non-hydrogen) atoms. The van der Waals surface area contributed by atoms with E-state index < -0.39 is 10.0 Å². The molecular weight excluding hydrogens is 252 g/mol. The minimum absolute atomic E-state index is 0.0667. The molecule has 0 saturated carbocycles. The third-order valence-electron chi connectivity index (χ3n) is 2.58. The van der Waals surface area contributed by atoms with Crippen molar-refractivity contribution in [2.24, 2.45) is 5.73 Å². The Bertz CT molecular complexity index is 470. The topological polar surface area (TPSA) is 88.3 Å². The number of rotatable bonds is 6. The molecule has 102 valence electrons. The monoisotopic (exact) mass is 272 g/mol. The first-order chi connectivity index (χ1) is 8.37. The highest BCUT2D eigenvalue weighted by molar-refractivity contribution is 7.89. The number of pyridine rings is 1. The van der Waals surface area contributed by atoms with Gasteiger partial charge in [0.15, 0.2) is 0 Å². The Labute approximate surface area is 108 Å². The summed E-state index contributed by atoms with van der Waals surface area (Å²) < 4.78 is 24.8. The predicted octanol–water partition coefficient (Wildman–Crippen LogP) is 0.481. The average Bonchev–Trinajstić information content (AvgIpc) is 2.36. The normalized spacial score (nSPS) is 13.6. The summed E-state index contributed by atoms with van der Waals surface area (Å²) in [4.78, 5) is 4.24. The quantitative estimate of drug-likeness (QED) is 0.786. The van der Waals surface area contributed by atoms with Crippen molar-refractivity contribution in [2.75, 3.05) is 26.0 Å². The summed E-state index contributed by atoms with van der Waals surface area (Å²) in [6.45, 7) is 2.62. The molecule has 0 fully saturated rings. The fraction of sp³-hybridized carbons (Fsp3) is 0.545. The van der Waals surface area contributed by atoms with Gasteiger partial charge in [-0.3, -0.25) is 0 Å². The van der Waals surface area contributed by atoms with Gasteiger partial charge in [-0.05, 0) is 18.6 Å². The van der Waals surface area contributed by atoms with Crippen LogP contribution in [0.5, 0.6) is 0 Å². The summed E-state index contributed by atoms with van der Waals surface area (Å²) in [6.07, 6.45) is 2.22. The van der Waals surface area contributed by atoms with Crippen LogP contribution in [0.1, 0.15) is 13.3 Å². The zero-order chi connectivity index (χ0) is 13.8. The molecule has 1 heterocycles. The van der Waals surface area contributed by atoms with E-state index in [1.807, 2.05) is 6.92 Å². The molecular formula is C11H20N4O2S. The van der Waals surface area contributed by atoms with Gasteiger partial charge < -0.3 is 11.1 Å². The van der Waals surface area contributed by atoms with E-state index in [0.717, 1.165) is 10.7 Å². The Morgan fingerprint density at radius 1 is 1.44 bits per heavy atom. The molecule has 3 N–H and O–H groups in total. The highest BCUT2D eigenvalue weighted by Gasteiger charge is 2.17. The summed E-state index contributed by atoms with van der Waals surface area (Å²) in [5, 5.41) is 3.06. The van der Waals surface area contributed by atoms with Gasteiger partial charge >= 0.3 is 0 Å². The number of nitrogens with two attached hydrogens (primary N) is 1. The van der Waals surface area contributed by atoms with Gasteiger partial charge in [0.2, 0.25) is 10.0 Å². The summed E-state index contributed by atoms with van der Waals surface area (Å²) >= 11 is 0. The number of anilines is 1. The molecule has 0 bridgehead atoms. The van der Waals surface area contributed by atoms with Crippen molar-refractivity contribution >= 4 is 15.8 Å². The van der Waals surface area contributed by atoms with Crippen LogP contribution in [-0.2, 0) is 10.0 Å². The lowest BCUT2D eigenvalue weighted by Crippen LogP contribution is -2.28. The third-order valence-corrected chi connectivity index (χ3v) is 4.38. The molecule has 0 saturated heterocycles. The molecule has 0 aliphatic rings. The van der Waals surface area contributed by atoms with Crippen LogP contribution in [0.2, 0.25) is 0 Å². The van der Waals surface area contributed by atoms with Gasteiger partial charge in [-0.1, -0.05) is 6.92 Å². The smallest absolute Gasteiger partial charge is 0.244 e. The van der Waals surface area contributed by atoms with Gasteiger partial charge in [-0.15, -0.1) is 0 Å². The molecule has 7 heteroatoms. The highest BCUT2D eigenvalue weighted by Crippen LogP contribution is 2.13. The molecule has 1 aromatic heterocycles. The summed E-state index contributed by atoms with van der Waals surface area (Å²) in [6, 6.07) is 3.23. The fourth-order valence-electron chi connectivity index (χ4n) is 1.23. The molecule has 0 spiro atoms. The van der Waals surface area contributed by atoms with Gasteiger partial charge in [-0.25, -0.2) is 17.7 Å². The van der Waals surface area contributed by atoms with Crippen LogP contribution in [0.15, 0.2) is 23.2 Å². The van der Waals surface area contributed by atoms with Crippen molar-refractivity contribution in [3.63, 3.8) is 0 Å². The first-order valence-electron chi connectivity index (χ1n) is 5.76. The molecule has 6 nitrogen and oxygen atoms in total. The zero-order valence-corrected chi connectivity index (χ0v) is 11.7. The van der Waals surface area contributed by atoms with Crippen LogP contribution in [0.3, 0.4) is 0 Å². The number of aromatic nitrogens is 1. The van der Waals surface area contributed by atoms with Crippen LogP contribution >= 0.6 is 0 Å². The summed E-state index contributed by atoms with van der Waals surface area (Å²) in [7, 11) is -0.436. The Morgan fingerprint density at radius 3 is 2.56 bits per heavy atom. The molecule has 0 aromatic carbocycles. The van der Waals surface area contributed by atoms with Gasteiger partial charge in [0, 0.05) is 32.9 Å². The van der Waals surface area contributed by atoms with Crippen molar-refractivity contribution in [2.45, 2.75) is 24.3 Å². The van der Waals surface area contributed by atoms with E-state index in [4.69, 9.17) is 5.73 Å².